The van der Waals surface area contributed by atoms with Gasteiger partial charge in [0.05, 0.1) is 4.92 Å². The molecule has 0 aliphatic carbocycles. The molecular formula is C15H23N3O4S. The second kappa shape index (κ2) is 6.94. The fraction of sp³-hybridized carbons (Fsp3) is 0.600. The minimum atomic E-state index is -3.88. The third-order valence-electron chi connectivity index (χ3n) is 4.43. The molecule has 0 amide bonds. The second-order valence-electron chi connectivity index (χ2n) is 6.04. The molecule has 0 aromatic heterocycles. The van der Waals surface area contributed by atoms with Crippen LogP contribution in [0, 0.1) is 29.9 Å². The molecule has 8 heteroatoms. The van der Waals surface area contributed by atoms with Gasteiger partial charge in [0.1, 0.15) is 0 Å². The van der Waals surface area contributed by atoms with E-state index >= 15 is 0 Å². The van der Waals surface area contributed by atoms with Crippen molar-refractivity contribution in [3.05, 3.63) is 33.4 Å². The Bertz CT molecular complexity index is 701. The largest absolute Gasteiger partial charge is 0.319 e. The molecule has 1 N–H and O–H groups in total. The number of nitro benzene ring substituents is 1. The van der Waals surface area contributed by atoms with Gasteiger partial charge in [-0.3, -0.25) is 10.1 Å². The summed E-state index contributed by atoms with van der Waals surface area (Å²) in [6, 6.07) is 2.87. The van der Waals surface area contributed by atoms with Crippen molar-refractivity contribution < 1.29 is 13.3 Å². The number of nitro groups is 1. The molecule has 23 heavy (non-hydrogen) atoms. The second-order valence-corrected chi connectivity index (χ2v) is 7.92. The Hall–Kier alpha value is -1.51. The Morgan fingerprint density at radius 1 is 1.39 bits per heavy atom. The van der Waals surface area contributed by atoms with Crippen molar-refractivity contribution in [2.45, 2.75) is 31.6 Å². The van der Waals surface area contributed by atoms with Crippen LogP contribution in [0.5, 0.6) is 0 Å². The first kappa shape index (κ1) is 17.8. The van der Waals surface area contributed by atoms with Crippen molar-refractivity contribution in [2.24, 2.45) is 5.92 Å². The number of nitrogens with zero attached hydrogens (tertiary/aromatic N) is 2. The monoisotopic (exact) mass is 341 g/mol. The summed E-state index contributed by atoms with van der Waals surface area (Å²) >= 11 is 0. The number of hydrogen-bond donors (Lipinski definition) is 1. The molecule has 1 aromatic carbocycles. The molecule has 2 rings (SSSR count). The smallest absolute Gasteiger partial charge is 0.289 e. The molecule has 0 saturated carbocycles. The minimum absolute atomic E-state index is 0.160. The van der Waals surface area contributed by atoms with Crippen LogP contribution in [-0.2, 0) is 10.0 Å². The predicted octanol–water partition coefficient (Wildman–Crippen LogP) is 1.83. The van der Waals surface area contributed by atoms with Crippen LogP contribution in [0.15, 0.2) is 17.0 Å². The number of hydrogen-bond acceptors (Lipinski definition) is 5. The van der Waals surface area contributed by atoms with Crippen LogP contribution in [0.2, 0.25) is 0 Å². The van der Waals surface area contributed by atoms with E-state index in [1.165, 1.54) is 10.4 Å². The summed E-state index contributed by atoms with van der Waals surface area (Å²) in [4.78, 5) is 10.5. The summed E-state index contributed by atoms with van der Waals surface area (Å²) in [7, 11) is -2.04. The first-order valence-corrected chi connectivity index (χ1v) is 9.12. The fourth-order valence-corrected chi connectivity index (χ4v) is 5.06. The maximum Gasteiger partial charge on any atom is 0.289 e. The topological polar surface area (TPSA) is 92.6 Å². The number of aryl methyl sites for hydroxylation is 1. The van der Waals surface area contributed by atoms with Crippen molar-refractivity contribution in [2.75, 3.05) is 26.7 Å². The van der Waals surface area contributed by atoms with E-state index < -0.39 is 14.9 Å². The van der Waals surface area contributed by atoms with Gasteiger partial charge in [-0.05, 0) is 57.3 Å². The van der Waals surface area contributed by atoms with Crippen molar-refractivity contribution in [3.8, 4) is 0 Å². The summed E-state index contributed by atoms with van der Waals surface area (Å²) in [6.45, 7) is 4.93. The zero-order chi connectivity index (χ0) is 17.2. The number of nitrogens with one attached hydrogen (secondary N) is 1. The molecular weight excluding hydrogens is 318 g/mol. The molecule has 1 aliphatic heterocycles. The average molecular weight is 341 g/mol. The van der Waals surface area contributed by atoms with E-state index in [2.05, 4.69) is 5.32 Å². The van der Waals surface area contributed by atoms with Crippen molar-refractivity contribution in [3.63, 3.8) is 0 Å². The predicted molar refractivity (Wildman–Crippen MR) is 88.0 cm³/mol. The Labute approximate surface area is 136 Å². The van der Waals surface area contributed by atoms with E-state index in [1.807, 2.05) is 7.05 Å². The Kier molecular flexibility index (Phi) is 5.38. The minimum Gasteiger partial charge on any atom is -0.319 e. The van der Waals surface area contributed by atoms with E-state index in [0.717, 1.165) is 24.9 Å². The molecule has 1 heterocycles. The molecule has 7 nitrogen and oxygen atoms in total. The molecule has 0 bridgehead atoms. The maximum atomic E-state index is 13.0. The average Bonchev–Trinajstić information content (AvgIpc) is 2.50. The van der Waals surface area contributed by atoms with E-state index in [4.69, 9.17) is 0 Å². The van der Waals surface area contributed by atoms with Gasteiger partial charge in [-0.2, -0.15) is 4.31 Å². The van der Waals surface area contributed by atoms with Crippen molar-refractivity contribution >= 4 is 15.7 Å². The lowest BCUT2D eigenvalue weighted by atomic mass is 10.00. The number of benzene rings is 1. The van der Waals surface area contributed by atoms with Crippen LogP contribution in [0.1, 0.15) is 24.0 Å². The quantitative estimate of drug-likeness (QED) is 0.651. The lowest BCUT2D eigenvalue weighted by Gasteiger charge is -2.32. The molecule has 128 valence electrons. The molecule has 0 spiro atoms. The molecule has 1 aliphatic rings. The Balaban J connectivity index is 2.47. The summed E-state index contributed by atoms with van der Waals surface area (Å²) in [5, 5.41) is 14.4. The summed E-state index contributed by atoms with van der Waals surface area (Å²) < 4.78 is 27.5. The molecule has 1 fully saturated rings. The van der Waals surface area contributed by atoms with Gasteiger partial charge in [0.15, 0.2) is 4.90 Å². The fourth-order valence-electron chi connectivity index (χ4n) is 3.07. The van der Waals surface area contributed by atoms with Crippen LogP contribution in [-0.4, -0.2) is 44.3 Å². The Morgan fingerprint density at radius 2 is 2.09 bits per heavy atom. The van der Waals surface area contributed by atoms with Gasteiger partial charge in [-0.1, -0.05) is 6.07 Å². The van der Waals surface area contributed by atoms with Crippen LogP contribution in [0.25, 0.3) is 0 Å². The van der Waals surface area contributed by atoms with Gasteiger partial charge < -0.3 is 5.32 Å². The third-order valence-corrected chi connectivity index (χ3v) is 6.47. The number of rotatable bonds is 5. The lowest BCUT2D eigenvalue weighted by molar-refractivity contribution is -0.388. The molecule has 1 unspecified atom stereocenters. The van der Waals surface area contributed by atoms with E-state index in [-0.39, 0.29) is 16.5 Å². The normalized spacial score (nSPS) is 19.7. The Morgan fingerprint density at radius 3 is 2.70 bits per heavy atom. The zero-order valence-corrected chi connectivity index (χ0v) is 14.5. The van der Waals surface area contributed by atoms with Gasteiger partial charge in [-0.25, -0.2) is 8.42 Å². The van der Waals surface area contributed by atoms with Crippen LogP contribution < -0.4 is 5.32 Å². The standard InChI is InChI=1S/C15H23N3O4S/c1-11-6-7-14(18(19)20)15(12(11)2)23(21,22)17-8-4-5-13(10-17)9-16-3/h6-7,13,16H,4-5,8-10H2,1-3H3. The van der Waals surface area contributed by atoms with Crippen LogP contribution >= 0.6 is 0 Å². The van der Waals surface area contributed by atoms with E-state index in [0.29, 0.717) is 18.7 Å². The van der Waals surface area contributed by atoms with Crippen molar-refractivity contribution in [1.82, 2.24) is 9.62 Å². The maximum absolute atomic E-state index is 13.0. The van der Waals surface area contributed by atoms with Crippen molar-refractivity contribution in [1.29, 1.82) is 0 Å². The van der Waals surface area contributed by atoms with Gasteiger partial charge in [0.25, 0.3) is 5.69 Å². The summed E-state index contributed by atoms with van der Waals surface area (Å²) in [5.41, 5.74) is 0.844. The molecule has 0 radical (unpaired) electrons. The molecule has 1 aromatic rings. The summed E-state index contributed by atoms with van der Waals surface area (Å²) in [5.74, 6) is 0.229. The lowest BCUT2D eigenvalue weighted by Crippen LogP contribution is -2.42. The zero-order valence-electron chi connectivity index (χ0n) is 13.7. The first-order valence-electron chi connectivity index (χ1n) is 7.68. The highest BCUT2D eigenvalue weighted by molar-refractivity contribution is 7.89. The van der Waals surface area contributed by atoms with Crippen LogP contribution in [0.3, 0.4) is 0 Å². The van der Waals surface area contributed by atoms with Gasteiger partial charge >= 0.3 is 0 Å². The third kappa shape index (κ3) is 3.54. The highest BCUT2D eigenvalue weighted by Gasteiger charge is 2.36. The van der Waals surface area contributed by atoms with Gasteiger partial charge in [0.2, 0.25) is 10.0 Å². The van der Waals surface area contributed by atoms with Crippen LogP contribution in [0.4, 0.5) is 5.69 Å². The molecule has 1 saturated heterocycles. The SMILES string of the molecule is CNCC1CCCN(S(=O)(=O)c2c([N+](=O)[O-])ccc(C)c2C)C1. The van der Waals surface area contributed by atoms with Gasteiger partial charge in [-0.15, -0.1) is 0 Å². The highest BCUT2D eigenvalue weighted by Crippen LogP contribution is 2.33. The number of sulfonamides is 1. The number of piperidine rings is 1. The summed E-state index contributed by atoms with van der Waals surface area (Å²) in [6.07, 6.45) is 1.73. The molecule has 1 atom stereocenters. The van der Waals surface area contributed by atoms with Gasteiger partial charge in [0, 0.05) is 19.2 Å². The first-order chi connectivity index (χ1) is 10.8. The van der Waals surface area contributed by atoms with E-state index in [9.17, 15) is 18.5 Å². The van der Waals surface area contributed by atoms with E-state index in [1.54, 1.807) is 19.9 Å². The highest BCUT2D eigenvalue weighted by atomic mass is 32.2.